The van der Waals surface area contributed by atoms with Crippen LogP contribution in [0, 0.1) is 0 Å². The fraction of sp³-hybridized carbons (Fsp3) is 1.00. The molecule has 14 heavy (non-hydrogen) atoms. The molecule has 0 aromatic carbocycles. The molecule has 0 atom stereocenters. The van der Waals surface area contributed by atoms with Crippen LogP contribution < -0.4 is 0 Å². The standard InChI is InChI=1S/C9H20N2O2S/c1-9(2,3)11-6-8(7-11)14(12,13)10(4)5/h8H,6-7H2,1-5H3. The molecule has 1 aliphatic rings. The van der Waals surface area contributed by atoms with Gasteiger partial charge in [-0.05, 0) is 20.8 Å². The van der Waals surface area contributed by atoms with Gasteiger partial charge in [0.05, 0.1) is 0 Å². The van der Waals surface area contributed by atoms with E-state index in [-0.39, 0.29) is 10.8 Å². The molecule has 84 valence electrons. The topological polar surface area (TPSA) is 40.6 Å². The summed E-state index contributed by atoms with van der Waals surface area (Å²) >= 11 is 0. The highest BCUT2D eigenvalue weighted by Gasteiger charge is 2.42. The molecule has 0 saturated carbocycles. The van der Waals surface area contributed by atoms with Crippen LogP contribution in [-0.4, -0.2) is 55.6 Å². The second kappa shape index (κ2) is 3.47. The Labute approximate surface area is 86.9 Å². The molecule has 0 aromatic rings. The highest BCUT2D eigenvalue weighted by Crippen LogP contribution is 2.25. The van der Waals surface area contributed by atoms with Gasteiger partial charge in [-0.1, -0.05) is 0 Å². The maximum Gasteiger partial charge on any atom is 0.219 e. The first-order chi connectivity index (χ1) is 6.15. The van der Waals surface area contributed by atoms with Crippen LogP contribution >= 0.6 is 0 Å². The zero-order chi connectivity index (χ0) is 11.1. The van der Waals surface area contributed by atoms with Crippen LogP contribution in [0.5, 0.6) is 0 Å². The summed E-state index contributed by atoms with van der Waals surface area (Å²) in [5.41, 5.74) is 0.0817. The Morgan fingerprint density at radius 2 is 1.64 bits per heavy atom. The third-order valence-electron chi connectivity index (χ3n) is 2.73. The van der Waals surface area contributed by atoms with E-state index in [1.54, 1.807) is 14.1 Å². The molecular formula is C9H20N2O2S. The lowest BCUT2D eigenvalue weighted by Crippen LogP contribution is -2.62. The lowest BCUT2D eigenvalue weighted by atomic mass is 10.0. The molecule has 0 spiro atoms. The number of likely N-dealkylation sites (tertiary alicyclic amines) is 1. The Kier molecular flexibility index (Phi) is 2.96. The van der Waals surface area contributed by atoms with Crippen LogP contribution in [0.15, 0.2) is 0 Å². The van der Waals surface area contributed by atoms with Gasteiger partial charge in [0, 0.05) is 32.7 Å². The average Bonchev–Trinajstić information content (AvgIpc) is 1.77. The molecule has 1 saturated heterocycles. The molecule has 4 nitrogen and oxygen atoms in total. The maximum absolute atomic E-state index is 11.7. The van der Waals surface area contributed by atoms with Crippen molar-refractivity contribution in [3.63, 3.8) is 0 Å². The monoisotopic (exact) mass is 220 g/mol. The van der Waals surface area contributed by atoms with Gasteiger partial charge in [-0.2, -0.15) is 0 Å². The second-order valence-corrected chi connectivity index (χ2v) is 7.45. The Morgan fingerprint density at radius 1 is 1.21 bits per heavy atom. The molecule has 1 heterocycles. The van der Waals surface area contributed by atoms with E-state index >= 15 is 0 Å². The van der Waals surface area contributed by atoms with Crippen molar-refractivity contribution < 1.29 is 8.42 Å². The van der Waals surface area contributed by atoms with Gasteiger partial charge in [0.25, 0.3) is 0 Å². The first-order valence-electron chi connectivity index (χ1n) is 4.82. The summed E-state index contributed by atoms with van der Waals surface area (Å²) in [5, 5.41) is -0.211. The average molecular weight is 220 g/mol. The summed E-state index contributed by atoms with van der Waals surface area (Å²) in [7, 11) is 0.143. The number of sulfonamides is 1. The fourth-order valence-electron chi connectivity index (χ4n) is 1.47. The third-order valence-corrected chi connectivity index (χ3v) is 4.89. The number of hydrogen-bond acceptors (Lipinski definition) is 3. The largest absolute Gasteiger partial charge is 0.296 e. The van der Waals surface area contributed by atoms with Crippen LogP contribution in [-0.2, 0) is 10.0 Å². The van der Waals surface area contributed by atoms with Gasteiger partial charge in [-0.15, -0.1) is 0 Å². The number of rotatable bonds is 2. The molecule has 0 N–H and O–H groups in total. The first kappa shape index (κ1) is 11.9. The summed E-state index contributed by atoms with van der Waals surface area (Å²) in [6.07, 6.45) is 0. The van der Waals surface area contributed by atoms with Crippen molar-refractivity contribution in [2.45, 2.75) is 31.6 Å². The third kappa shape index (κ3) is 2.10. The van der Waals surface area contributed by atoms with E-state index in [2.05, 4.69) is 25.7 Å². The summed E-state index contributed by atoms with van der Waals surface area (Å²) in [5.74, 6) is 0. The predicted molar refractivity (Wildman–Crippen MR) is 57.7 cm³/mol. The zero-order valence-electron chi connectivity index (χ0n) is 9.61. The first-order valence-corrected chi connectivity index (χ1v) is 6.32. The van der Waals surface area contributed by atoms with E-state index in [4.69, 9.17) is 0 Å². The summed E-state index contributed by atoms with van der Waals surface area (Å²) in [4.78, 5) is 2.18. The van der Waals surface area contributed by atoms with Gasteiger partial charge in [0.1, 0.15) is 5.25 Å². The van der Waals surface area contributed by atoms with Crippen molar-refractivity contribution in [3.8, 4) is 0 Å². The summed E-state index contributed by atoms with van der Waals surface area (Å²) < 4.78 is 24.7. The highest BCUT2D eigenvalue weighted by atomic mass is 32.2. The fourth-order valence-corrected chi connectivity index (χ4v) is 2.81. The van der Waals surface area contributed by atoms with E-state index in [0.29, 0.717) is 13.1 Å². The van der Waals surface area contributed by atoms with Gasteiger partial charge in [-0.3, -0.25) is 4.90 Å². The molecule has 0 radical (unpaired) electrons. The summed E-state index contributed by atoms with van der Waals surface area (Å²) in [6, 6.07) is 0. The van der Waals surface area contributed by atoms with Crippen molar-refractivity contribution in [1.29, 1.82) is 0 Å². The van der Waals surface area contributed by atoms with Crippen LogP contribution in [0.1, 0.15) is 20.8 Å². The molecular weight excluding hydrogens is 200 g/mol. The Morgan fingerprint density at radius 3 is 1.93 bits per heavy atom. The SMILES string of the molecule is CN(C)S(=O)(=O)C1CN(C(C)(C)C)C1. The maximum atomic E-state index is 11.7. The molecule has 1 rings (SSSR count). The highest BCUT2D eigenvalue weighted by molar-refractivity contribution is 7.89. The van der Waals surface area contributed by atoms with E-state index in [1.165, 1.54) is 4.31 Å². The van der Waals surface area contributed by atoms with E-state index in [1.807, 2.05) is 0 Å². The molecule has 0 bridgehead atoms. The van der Waals surface area contributed by atoms with Crippen LogP contribution in [0.25, 0.3) is 0 Å². The minimum absolute atomic E-state index is 0.0817. The van der Waals surface area contributed by atoms with Crippen molar-refractivity contribution in [1.82, 2.24) is 9.21 Å². The normalized spacial score (nSPS) is 21.3. The van der Waals surface area contributed by atoms with Gasteiger partial charge in [0.15, 0.2) is 0 Å². The lowest BCUT2D eigenvalue weighted by Gasteiger charge is -2.47. The Bertz CT molecular complexity index is 297. The smallest absolute Gasteiger partial charge is 0.219 e. The zero-order valence-corrected chi connectivity index (χ0v) is 10.4. The minimum atomic E-state index is -3.04. The second-order valence-electron chi connectivity index (χ2n) is 5.03. The Hall–Kier alpha value is -0.130. The van der Waals surface area contributed by atoms with Gasteiger partial charge < -0.3 is 0 Å². The van der Waals surface area contributed by atoms with Gasteiger partial charge >= 0.3 is 0 Å². The quantitative estimate of drug-likeness (QED) is 0.674. The van der Waals surface area contributed by atoms with E-state index in [0.717, 1.165) is 0 Å². The van der Waals surface area contributed by atoms with Crippen LogP contribution in [0.3, 0.4) is 0 Å². The van der Waals surface area contributed by atoms with Crippen LogP contribution in [0.2, 0.25) is 0 Å². The number of hydrogen-bond donors (Lipinski definition) is 0. The molecule has 1 aliphatic heterocycles. The molecule has 0 amide bonds. The molecule has 1 fully saturated rings. The van der Waals surface area contributed by atoms with Gasteiger partial charge in [0.2, 0.25) is 10.0 Å². The van der Waals surface area contributed by atoms with Crippen LogP contribution in [0.4, 0.5) is 0 Å². The lowest BCUT2D eigenvalue weighted by molar-refractivity contribution is 0.0709. The van der Waals surface area contributed by atoms with E-state index in [9.17, 15) is 8.42 Å². The van der Waals surface area contributed by atoms with Crippen molar-refractivity contribution >= 4 is 10.0 Å². The molecule has 5 heteroatoms. The molecule has 0 aromatic heterocycles. The minimum Gasteiger partial charge on any atom is -0.296 e. The van der Waals surface area contributed by atoms with Crippen molar-refractivity contribution in [2.24, 2.45) is 0 Å². The predicted octanol–water partition coefficient (Wildman–Crippen LogP) is 0.361. The summed E-state index contributed by atoms with van der Waals surface area (Å²) in [6.45, 7) is 7.62. The number of nitrogens with zero attached hydrogens (tertiary/aromatic N) is 2. The van der Waals surface area contributed by atoms with E-state index < -0.39 is 10.0 Å². The van der Waals surface area contributed by atoms with Gasteiger partial charge in [-0.25, -0.2) is 12.7 Å². The molecule has 0 unspecified atom stereocenters. The van der Waals surface area contributed by atoms with Crippen molar-refractivity contribution in [3.05, 3.63) is 0 Å². The Balaban J connectivity index is 2.58. The molecule has 0 aliphatic carbocycles. The van der Waals surface area contributed by atoms with Crippen molar-refractivity contribution in [2.75, 3.05) is 27.2 Å².